The van der Waals surface area contributed by atoms with Crippen molar-refractivity contribution in [3.8, 4) is 5.75 Å². The molecule has 0 saturated heterocycles. The van der Waals surface area contributed by atoms with E-state index in [-0.39, 0.29) is 11.4 Å². The van der Waals surface area contributed by atoms with Crippen molar-refractivity contribution in [1.29, 1.82) is 0 Å². The zero-order valence-electron chi connectivity index (χ0n) is 9.25. The Bertz CT molecular complexity index is 612. The summed E-state index contributed by atoms with van der Waals surface area (Å²) < 4.78 is 0. The fourth-order valence-corrected chi connectivity index (χ4v) is 1.58. The first-order valence-electron chi connectivity index (χ1n) is 5.15. The molecule has 18 heavy (non-hydrogen) atoms. The van der Waals surface area contributed by atoms with Gasteiger partial charge in [-0.1, -0.05) is 23.7 Å². The summed E-state index contributed by atoms with van der Waals surface area (Å²) in [5.41, 5.74) is 1.23. The van der Waals surface area contributed by atoms with Gasteiger partial charge in [0.05, 0.1) is 10.7 Å². The van der Waals surface area contributed by atoms with Gasteiger partial charge in [0.15, 0.2) is 0 Å². The lowest BCUT2D eigenvalue weighted by molar-refractivity contribution is 0.474. The standard InChI is InChI=1S/C13H9ClN2O2/c14-11-3-1-2-4-12(11)15-8-9-7-10(16-18)5-6-13(9)17/h1-8,17H. The van der Waals surface area contributed by atoms with Crippen LogP contribution >= 0.6 is 11.6 Å². The van der Waals surface area contributed by atoms with Gasteiger partial charge in [-0.3, -0.25) is 4.99 Å². The maximum Gasteiger partial charge on any atom is 0.124 e. The lowest BCUT2D eigenvalue weighted by atomic mass is 10.2. The molecule has 0 aromatic heterocycles. The predicted octanol–water partition coefficient (Wildman–Crippen LogP) is 4.19. The normalized spacial score (nSPS) is 10.7. The van der Waals surface area contributed by atoms with Gasteiger partial charge >= 0.3 is 0 Å². The molecule has 5 heteroatoms. The van der Waals surface area contributed by atoms with Gasteiger partial charge in [0.1, 0.15) is 11.4 Å². The molecule has 2 rings (SSSR count). The number of nitroso groups, excluding NO2 is 1. The Kier molecular flexibility index (Phi) is 3.69. The number of halogens is 1. The van der Waals surface area contributed by atoms with Gasteiger partial charge in [-0.05, 0) is 35.5 Å². The van der Waals surface area contributed by atoms with E-state index in [1.807, 2.05) is 6.07 Å². The summed E-state index contributed by atoms with van der Waals surface area (Å²) in [5, 5.41) is 12.9. The van der Waals surface area contributed by atoms with Gasteiger partial charge in [-0.25, -0.2) is 0 Å². The van der Waals surface area contributed by atoms with Crippen molar-refractivity contribution in [1.82, 2.24) is 0 Å². The third-order valence-electron chi connectivity index (χ3n) is 2.31. The molecule has 1 N–H and O–H groups in total. The molecule has 0 spiro atoms. The minimum Gasteiger partial charge on any atom is -0.507 e. The van der Waals surface area contributed by atoms with Gasteiger partial charge in [-0.2, -0.15) is 0 Å². The summed E-state index contributed by atoms with van der Waals surface area (Å²) >= 11 is 5.94. The van der Waals surface area contributed by atoms with Crippen molar-refractivity contribution in [2.24, 2.45) is 10.2 Å². The summed E-state index contributed by atoms with van der Waals surface area (Å²) in [6.07, 6.45) is 1.44. The van der Waals surface area contributed by atoms with E-state index in [0.29, 0.717) is 16.3 Å². The molecule has 0 aliphatic rings. The molecule has 0 aliphatic heterocycles. The molecule has 0 heterocycles. The van der Waals surface area contributed by atoms with Gasteiger partial charge in [0.25, 0.3) is 0 Å². The molecule has 0 radical (unpaired) electrons. The van der Waals surface area contributed by atoms with Crippen LogP contribution in [0.1, 0.15) is 5.56 Å². The summed E-state index contributed by atoms with van der Waals surface area (Å²) in [6, 6.07) is 11.3. The molecule has 90 valence electrons. The SMILES string of the molecule is O=Nc1ccc(O)c(C=Nc2ccccc2Cl)c1. The lowest BCUT2D eigenvalue weighted by Crippen LogP contribution is -1.82. The smallest absolute Gasteiger partial charge is 0.124 e. The Morgan fingerprint density at radius 1 is 1.17 bits per heavy atom. The van der Waals surface area contributed by atoms with Crippen molar-refractivity contribution >= 4 is 29.2 Å². The number of phenols is 1. The highest BCUT2D eigenvalue weighted by Crippen LogP contribution is 2.25. The van der Waals surface area contributed by atoms with Crippen LogP contribution in [0.2, 0.25) is 5.02 Å². The first kappa shape index (κ1) is 12.3. The van der Waals surface area contributed by atoms with Crippen LogP contribution in [-0.4, -0.2) is 11.3 Å². The molecule has 0 unspecified atom stereocenters. The molecule has 2 aromatic rings. The summed E-state index contributed by atoms with van der Waals surface area (Å²) in [6.45, 7) is 0. The first-order chi connectivity index (χ1) is 8.70. The van der Waals surface area contributed by atoms with E-state index < -0.39 is 0 Å². The largest absolute Gasteiger partial charge is 0.507 e. The third-order valence-corrected chi connectivity index (χ3v) is 2.63. The van der Waals surface area contributed by atoms with Crippen molar-refractivity contribution in [2.75, 3.05) is 0 Å². The van der Waals surface area contributed by atoms with Crippen molar-refractivity contribution in [2.45, 2.75) is 0 Å². The Morgan fingerprint density at radius 2 is 1.94 bits per heavy atom. The van der Waals surface area contributed by atoms with Crippen LogP contribution in [0.3, 0.4) is 0 Å². The highest BCUT2D eigenvalue weighted by atomic mass is 35.5. The van der Waals surface area contributed by atoms with Crippen molar-refractivity contribution in [3.05, 3.63) is 58.0 Å². The number of phenolic OH excluding ortho intramolecular Hbond substituents is 1. The average Bonchev–Trinajstić information content (AvgIpc) is 2.39. The van der Waals surface area contributed by atoms with Crippen LogP contribution in [0.4, 0.5) is 11.4 Å². The van der Waals surface area contributed by atoms with Crippen LogP contribution in [-0.2, 0) is 0 Å². The fraction of sp³-hybridized carbons (Fsp3) is 0. The molecule has 0 amide bonds. The quantitative estimate of drug-likeness (QED) is 0.664. The van der Waals surface area contributed by atoms with Gasteiger partial charge < -0.3 is 5.11 Å². The molecule has 0 aliphatic carbocycles. The molecule has 0 bridgehead atoms. The van der Waals surface area contributed by atoms with Crippen LogP contribution < -0.4 is 0 Å². The minimum absolute atomic E-state index is 0.0261. The van der Waals surface area contributed by atoms with Crippen molar-refractivity contribution in [3.63, 3.8) is 0 Å². The maximum absolute atomic E-state index is 10.4. The number of benzene rings is 2. The molecular formula is C13H9ClN2O2. The second-order valence-electron chi connectivity index (χ2n) is 3.54. The molecule has 4 nitrogen and oxygen atoms in total. The van der Waals surface area contributed by atoms with Gasteiger partial charge in [0.2, 0.25) is 0 Å². The molecular weight excluding hydrogens is 252 g/mol. The van der Waals surface area contributed by atoms with Gasteiger partial charge in [-0.15, -0.1) is 4.91 Å². The van der Waals surface area contributed by atoms with Gasteiger partial charge in [0, 0.05) is 11.8 Å². The maximum atomic E-state index is 10.4. The second kappa shape index (κ2) is 5.42. The topological polar surface area (TPSA) is 62.0 Å². The summed E-state index contributed by atoms with van der Waals surface area (Å²) in [4.78, 5) is 14.6. The number of aromatic hydroxyl groups is 1. The second-order valence-corrected chi connectivity index (χ2v) is 3.95. The number of rotatable bonds is 3. The van der Waals surface area contributed by atoms with Crippen molar-refractivity contribution < 1.29 is 5.11 Å². The number of aliphatic imine (C=N–C) groups is 1. The van der Waals surface area contributed by atoms with E-state index in [9.17, 15) is 10.0 Å². The molecule has 0 atom stereocenters. The Balaban J connectivity index is 2.34. The highest BCUT2D eigenvalue weighted by Gasteiger charge is 2.01. The average molecular weight is 261 g/mol. The van der Waals surface area contributed by atoms with E-state index in [1.165, 1.54) is 24.4 Å². The van der Waals surface area contributed by atoms with Crippen LogP contribution in [0, 0.1) is 4.91 Å². The highest BCUT2D eigenvalue weighted by molar-refractivity contribution is 6.33. The Hall–Kier alpha value is -2.20. The Morgan fingerprint density at radius 3 is 2.67 bits per heavy atom. The minimum atomic E-state index is 0.0261. The zero-order valence-corrected chi connectivity index (χ0v) is 10.0. The summed E-state index contributed by atoms with van der Waals surface area (Å²) in [5.74, 6) is 0.0261. The Labute approximate surface area is 109 Å². The number of nitrogens with zero attached hydrogens (tertiary/aromatic N) is 2. The number of para-hydroxylation sites is 1. The van der Waals surface area contributed by atoms with Crippen LogP contribution in [0.5, 0.6) is 5.75 Å². The predicted molar refractivity (Wildman–Crippen MR) is 72.3 cm³/mol. The first-order valence-corrected chi connectivity index (χ1v) is 5.53. The van der Waals surface area contributed by atoms with E-state index in [0.717, 1.165) is 0 Å². The molecule has 0 saturated carbocycles. The molecule has 2 aromatic carbocycles. The number of hydrogen-bond donors (Lipinski definition) is 1. The van der Waals surface area contributed by atoms with E-state index in [2.05, 4.69) is 10.2 Å². The monoisotopic (exact) mass is 260 g/mol. The van der Waals surface area contributed by atoms with Crippen LogP contribution in [0.25, 0.3) is 0 Å². The fourth-order valence-electron chi connectivity index (χ4n) is 1.40. The summed E-state index contributed by atoms with van der Waals surface area (Å²) in [7, 11) is 0. The zero-order chi connectivity index (χ0) is 13.0. The van der Waals surface area contributed by atoms with Crippen LogP contribution in [0.15, 0.2) is 52.6 Å². The third kappa shape index (κ3) is 2.73. The van der Waals surface area contributed by atoms with E-state index in [4.69, 9.17) is 11.6 Å². The molecule has 0 fully saturated rings. The van der Waals surface area contributed by atoms with E-state index >= 15 is 0 Å². The van der Waals surface area contributed by atoms with E-state index in [1.54, 1.807) is 18.2 Å². The number of hydrogen-bond acceptors (Lipinski definition) is 4. The lowest BCUT2D eigenvalue weighted by Gasteiger charge is -2.00.